The summed E-state index contributed by atoms with van der Waals surface area (Å²) in [6.45, 7) is 0.323. The summed E-state index contributed by atoms with van der Waals surface area (Å²) in [5.74, 6) is 0.332. The summed E-state index contributed by atoms with van der Waals surface area (Å²) < 4.78 is 44.8. The van der Waals surface area contributed by atoms with Gasteiger partial charge >= 0.3 is 6.18 Å². The van der Waals surface area contributed by atoms with Crippen LogP contribution in [0.25, 0.3) is 0 Å². The molecule has 1 aromatic rings. The van der Waals surface area contributed by atoms with Crippen LogP contribution in [0, 0.1) is 10.8 Å². The molecule has 7 heteroatoms. The average Bonchev–Trinajstić information content (AvgIpc) is 2.60. The average molecular weight is 342 g/mol. The van der Waals surface area contributed by atoms with Crippen LogP contribution in [0.5, 0.6) is 5.88 Å². The lowest BCUT2D eigenvalue weighted by Crippen LogP contribution is -2.54. The van der Waals surface area contributed by atoms with Crippen LogP contribution in [0.1, 0.15) is 44.1 Å². The molecule has 1 N–H and O–H groups in total. The van der Waals surface area contributed by atoms with Crippen LogP contribution in [-0.4, -0.2) is 24.2 Å². The minimum Gasteiger partial charge on any atom is -0.481 e. The highest BCUT2D eigenvalue weighted by atomic mass is 19.4. The third-order valence-electron chi connectivity index (χ3n) is 5.79. The van der Waals surface area contributed by atoms with Crippen LogP contribution in [0.4, 0.5) is 13.2 Å². The van der Waals surface area contributed by atoms with Gasteiger partial charge in [-0.2, -0.15) is 13.2 Å². The van der Waals surface area contributed by atoms with Gasteiger partial charge in [-0.1, -0.05) is 0 Å². The maximum Gasteiger partial charge on any atom is 0.394 e. The maximum absolute atomic E-state index is 13.3. The number of halogens is 3. The van der Waals surface area contributed by atoms with E-state index in [4.69, 9.17) is 4.74 Å². The molecule has 1 aromatic heterocycles. The Balaban J connectivity index is 1.63. The molecule has 0 radical (unpaired) electrons. The molecular formula is C17H21F3N2O2. The summed E-state index contributed by atoms with van der Waals surface area (Å²) in [5, 5.41) is 2.88. The molecule has 0 aliphatic heterocycles. The van der Waals surface area contributed by atoms with E-state index in [1.807, 2.05) is 0 Å². The number of carbonyl (C=O) groups excluding carboxylic acids is 1. The molecule has 132 valence electrons. The van der Waals surface area contributed by atoms with E-state index in [-0.39, 0.29) is 25.2 Å². The third-order valence-corrected chi connectivity index (χ3v) is 5.79. The van der Waals surface area contributed by atoms with Gasteiger partial charge in [-0.25, -0.2) is 4.98 Å². The van der Waals surface area contributed by atoms with E-state index >= 15 is 0 Å². The van der Waals surface area contributed by atoms with Crippen molar-refractivity contribution in [3.63, 3.8) is 0 Å². The number of ether oxygens (including phenoxy) is 1. The van der Waals surface area contributed by atoms with Crippen molar-refractivity contribution in [3.05, 3.63) is 23.9 Å². The number of hydrogen-bond donors (Lipinski definition) is 1. The van der Waals surface area contributed by atoms with Gasteiger partial charge in [-0.15, -0.1) is 0 Å². The lowest BCUT2D eigenvalue weighted by atomic mass is 9.53. The SMILES string of the molecule is COc1cc(CNC(=O)C23CCC(C(F)(F)F)(CC2)CC3)ccn1. The number of hydrogen-bond acceptors (Lipinski definition) is 3. The lowest BCUT2D eigenvalue weighted by Gasteiger charge is -2.52. The minimum atomic E-state index is -4.16. The first kappa shape index (κ1) is 17.0. The van der Waals surface area contributed by atoms with Crippen LogP contribution >= 0.6 is 0 Å². The zero-order valence-electron chi connectivity index (χ0n) is 13.6. The Kier molecular flexibility index (Phi) is 4.21. The van der Waals surface area contributed by atoms with Crippen LogP contribution < -0.4 is 10.1 Å². The Morgan fingerprint density at radius 2 is 1.88 bits per heavy atom. The van der Waals surface area contributed by atoms with Gasteiger partial charge in [0, 0.05) is 24.2 Å². The molecule has 0 saturated heterocycles. The standard InChI is InChI=1S/C17H21F3N2O2/c1-24-13-10-12(2-9-21-13)11-22-14(23)15-3-6-16(7-4-15,8-5-15)17(18,19)20/h2,9-10H,3-8,11H2,1H3,(H,22,23). The Morgan fingerprint density at radius 1 is 1.25 bits per heavy atom. The molecule has 3 saturated carbocycles. The van der Waals surface area contributed by atoms with Gasteiger partial charge in [-0.3, -0.25) is 4.79 Å². The van der Waals surface area contributed by atoms with Crippen molar-refractivity contribution in [3.8, 4) is 5.88 Å². The first-order chi connectivity index (χ1) is 11.3. The lowest BCUT2D eigenvalue weighted by molar-refractivity contribution is -0.258. The van der Waals surface area contributed by atoms with Crippen LogP contribution in [0.2, 0.25) is 0 Å². The molecule has 2 bridgehead atoms. The Labute approximate surface area is 138 Å². The van der Waals surface area contributed by atoms with Gasteiger partial charge in [-0.05, 0) is 50.2 Å². The van der Waals surface area contributed by atoms with Crippen molar-refractivity contribution < 1.29 is 22.7 Å². The molecule has 24 heavy (non-hydrogen) atoms. The van der Waals surface area contributed by atoms with Crippen molar-refractivity contribution >= 4 is 5.91 Å². The predicted octanol–water partition coefficient (Wildman–Crippen LogP) is 3.61. The minimum absolute atomic E-state index is 0.0625. The Hall–Kier alpha value is -1.79. The monoisotopic (exact) mass is 342 g/mol. The molecule has 3 aliphatic rings. The molecule has 0 spiro atoms. The number of rotatable bonds is 4. The Morgan fingerprint density at radius 3 is 2.42 bits per heavy atom. The molecule has 0 atom stereocenters. The number of methoxy groups -OCH3 is 1. The maximum atomic E-state index is 13.3. The Bertz CT molecular complexity index is 606. The van der Waals surface area contributed by atoms with Crippen LogP contribution in [0.3, 0.4) is 0 Å². The fourth-order valence-electron chi connectivity index (χ4n) is 3.99. The second-order valence-electron chi connectivity index (χ2n) is 6.95. The van der Waals surface area contributed by atoms with Crippen molar-refractivity contribution in [2.75, 3.05) is 7.11 Å². The molecule has 3 fully saturated rings. The van der Waals surface area contributed by atoms with Gasteiger partial charge in [0.05, 0.1) is 12.5 Å². The van der Waals surface area contributed by atoms with Gasteiger partial charge in [0.15, 0.2) is 0 Å². The highest BCUT2D eigenvalue weighted by molar-refractivity contribution is 5.83. The second-order valence-corrected chi connectivity index (χ2v) is 6.95. The molecule has 0 unspecified atom stereocenters. The van der Waals surface area contributed by atoms with Crippen molar-refractivity contribution in [2.45, 2.75) is 51.2 Å². The van der Waals surface area contributed by atoms with Crippen LogP contribution in [0.15, 0.2) is 18.3 Å². The quantitative estimate of drug-likeness (QED) is 0.909. The highest BCUT2D eigenvalue weighted by Crippen LogP contribution is 2.62. The van der Waals surface area contributed by atoms with E-state index < -0.39 is 17.0 Å². The van der Waals surface area contributed by atoms with E-state index in [0.29, 0.717) is 31.7 Å². The molecule has 4 nitrogen and oxygen atoms in total. The van der Waals surface area contributed by atoms with Gasteiger partial charge in [0.2, 0.25) is 11.8 Å². The number of aromatic nitrogens is 1. The summed E-state index contributed by atoms with van der Waals surface area (Å²) in [7, 11) is 1.51. The summed E-state index contributed by atoms with van der Waals surface area (Å²) in [4.78, 5) is 16.6. The van der Waals surface area contributed by atoms with E-state index in [1.54, 1.807) is 18.3 Å². The largest absolute Gasteiger partial charge is 0.481 e. The number of alkyl halides is 3. The molecule has 1 amide bonds. The number of fused-ring (bicyclic) bond motifs is 3. The van der Waals surface area contributed by atoms with E-state index in [9.17, 15) is 18.0 Å². The molecule has 1 heterocycles. The van der Waals surface area contributed by atoms with Gasteiger partial charge in [0.1, 0.15) is 0 Å². The van der Waals surface area contributed by atoms with E-state index in [2.05, 4.69) is 10.3 Å². The summed E-state index contributed by atoms with van der Waals surface area (Å²) in [6, 6.07) is 3.51. The highest BCUT2D eigenvalue weighted by Gasteiger charge is 2.62. The fraction of sp³-hybridized carbons (Fsp3) is 0.647. The second kappa shape index (κ2) is 5.93. The number of pyridine rings is 1. The number of amides is 1. The number of nitrogens with zero attached hydrogens (tertiary/aromatic N) is 1. The normalized spacial score (nSPS) is 29.3. The van der Waals surface area contributed by atoms with Crippen molar-refractivity contribution in [1.82, 2.24) is 10.3 Å². The molecule has 4 rings (SSSR count). The smallest absolute Gasteiger partial charge is 0.394 e. The topological polar surface area (TPSA) is 51.2 Å². The third kappa shape index (κ3) is 2.84. The zero-order chi connectivity index (χ0) is 17.4. The first-order valence-electron chi connectivity index (χ1n) is 8.14. The number of nitrogens with one attached hydrogen (secondary N) is 1. The first-order valence-corrected chi connectivity index (χ1v) is 8.14. The van der Waals surface area contributed by atoms with E-state index in [1.165, 1.54) is 7.11 Å². The molecule has 0 aromatic carbocycles. The summed E-state index contributed by atoms with van der Waals surface area (Å²) in [5.41, 5.74) is -1.35. The molecular weight excluding hydrogens is 321 g/mol. The van der Waals surface area contributed by atoms with Gasteiger partial charge in [0.25, 0.3) is 0 Å². The fourth-order valence-corrected chi connectivity index (χ4v) is 3.99. The molecule has 3 aliphatic carbocycles. The van der Waals surface area contributed by atoms with Crippen molar-refractivity contribution in [2.24, 2.45) is 10.8 Å². The van der Waals surface area contributed by atoms with Gasteiger partial charge < -0.3 is 10.1 Å². The van der Waals surface area contributed by atoms with Crippen molar-refractivity contribution in [1.29, 1.82) is 0 Å². The number of carbonyl (C=O) groups is 1. The predicted molar refractivity (Wildman–Crippen MR) is 81.3 cm³/mol. The summed E-state index contributed by atoms with van der Waals surface area (Å²) in [6.07, 6.45) is -1.43. The van der Waals surface area contributed by atoms with Crippen LogP contribution in [-0.2, 0) is 11.3 Å². The zero-order valence-corrected chi connectivity index (χ0v) is 13.6. The summed E-state index contributed by atoms with van der Waals surface area (Å²) >= 11 is 0. The van der Waals surface area contributed by atoms with E-state index in [0.717, 1.165) is 5.56 Å².